The quantitative estimate of drug-likeness (QED) is 0.862. The first-order chi connectivity index (χ1) is 9.13. The second-order valence-corrected chi connectivity index (χ2v) is 5.24. The van der Waals surface area contributed by atoms with Crippen LogP contribution in [-0.2, 0) is 11.3 Å². The predicted molar refractivity (Wildman–Crippen MR) is 76.7 cm³/mol. The molecule has 0 atom stereocenters. The van der Waals surface area contributed by atoms with Gasteiger partial charge >= 0.3 is 0 Å². The molecule has 5 heteroatoms. The zero-order valence-electron chi connectivity index (χ0n) is 11.2. The van der Waals surface area contributed by atoms with Crippen LogP contribution in [0.25, 0.3) is 0 Å². The van der Waals surface area contributed by atoms with Crippen molar-refractivity contribution in [3.8, 4) is 0 Å². The summed E-state index contributed by atoms with van der Waals surface area (Å²) in [5, 5.41) is 0.824. The van der Waals surface area contributed by atoms with Gasteiger partial charge in [0.05, 0.1) is 12.3 Å². The lowest BCUT2D eigenvalue weighted by molar-refractivity contribution is 0.0996. The molecule has 2 rings (SSSR count). The van der Waals surface area contributed by atoms with E-state index in [1.165, 1.54) is 11.3 Å². The standard InChI is InChI=1S/C14H16N2O2S/c1-10-13(19-12(15-10)9-18-3)14(17)16(2)11-7-5-4-6-8-11/h4-8H,9H2,1-3H3. The largest absolute Gasteiger partial charge is 0.378 e. The van der Waals surface area contributed by atoms with Gasteiger partial charge in [-0.2, -0.15) is 0 Å². The molecular weight excluding hydrogens is 260 g/mol. The number of ether oxygens (including phenoxy) is 1. The molecule has 0 unspecified atom stereocenters. The van der Waals surface area contributed by atoms with Gasteiger partial charge in [0.15, 0.2) is 0 Å². The van der Waals surface area contributed by atoms with Gasteiger partial charge in [-0.05, 0) is 19.1 Å². The lowest BCUT2D eigenvalue weighted by atomic mass is 10.3. The molecule has 1 aromatic heterocycles. The molecule has 2 aromatic rings. The Morgan fingerprint density at radius 3 is 2.68 bits per heavy atom. The van der Waals surface area contributed by atoms with Crippen molar-refractivity contribution in [1.29, 1.82) is 0 Å². The number of hydrogen-bond acceptors (Lipinski definition) is 4. The summed E-state index contributed by atoms with van der Waals surface area (Å²) in [7, 11) is 3.39. The van der Waals surface area contributed by atoms with Gasteiger partial charge in [-0.1, -0.05) is 18.2 Å². The molecule has 0 N–H and O–H groups in total. The minimum absolute atomic E-state index is 0.0384. The maximum Gasteiger partial charge on any atom is 0.270 e. The van der Waals surface area contributed by atoms with Crippen molar-refractivity contribution >= 4 is 22.9 Å². The van der Waals surface area contributed by atoms with Crippen molar-refractivity contribution in [3.05, 3.63) is 45.9 Å². The van der Waals surface area contributed by atoms with E-state index in [1.54, 1.807) is 19.1 Å². The topological polar surface area (TPSA) is 42.4 Å². The van der Waals surface area contributed by atoms with Crippen molar-refractivity contribution in [2.75, 3.05) is 19.1 Å². The van der Waals surface area contributed by atoms with Crippen molar-refractivity contribution < 1.29 is 9.53 Å². The third kappa shape index (κ3) is 3.00. The first-order valence-electron chi connectivity index (χ1n) is 5.92. The fourth-order valence-electron chi connectivity index (χ4n) is 1.76. The Balaban J connectivity index is 2.24. The van der Waals surface area contributed by atoms with Crippen LogP contribution in [0.3, 0.4) is 0 Å². The van der Waals surface area contributed by atoms with Crippen LogP contribution in [0, 0.1) is 6.92 Å². The van der Waals surface area contributed by atoms with Crippen LogP contribution in [0.2, 0.25) is 0 Å². The first kappa shape index (κ1) is 13.7. The van der Waals surface area contributed by atoms with E-state index in [0.29, 0.717) is 11.5 Å². The molecule has 0 saturated heterocycles. The van der Waals surface area contributed by atoms with E-state index < -0.39 is 0 Å². The van der Waals surface area contributed by atoms with E-state index in [2.05, 4.69) is 4.98 Å². The molecule has 0 saturated carbocycles. The Hall–Kier alpha value is -1.72. The van der Waals surface area contributed by atoms with Gasteiger partial charge in [-0.3, -0.25) is 4.79 Å². The summed E-state index contributed by atoms with van der Waals surface area (Å²) in [6, 6.07) is 9.56. The summed E-state index contributed by atoms with van der Waals surface area (Å²) in [6.07, 6.45) is 0. The lowest BCUT2D eigenvalue weighted by Gasteiger charge is -2.16. The summed E-state index contributed by atoms with van der Waals surface area (Å²) in [5.74, 6) is -0.0384. The summed E-state index contributed by atoms with van der Waals surface area (Å²) in [6.45, 7) is 2.29. The molecule has 1 amide bonds. The second-order valence-electron chi connectivity index (χ2n) is 4.15. The molecule has 100 valence electrons. The Kier molecular flexibility index (Phi) is 4.29. The molecule has 0 aliphatic rings. The van der Waals surface area contributed by atoms with Crippen LogP contribution in [-0.4, -0.2) is 25.0 Å². The predicted octanol–water partition coefficient (Wildman–Crippen LogP) is 2.87. The fraction of sp³-hybridized carbons (Fsp3) is 0.286. The zero-order chi connectivity index (χ0) is 13.8. The number of benzene rings is 1. The number of aryl methyl sites for hydroxylation is 1. The van der Waals surface area contributed by atoms with Gasteiger partial charge in [-0.15, -0.1) is 11.3 Å². The van der Waals surface area contributed by atoms with E-state index in [4.69, 9.17) is 4.74 Å². The Bertz CT molecular complexity index is 566. The molecule has 0 bridgehead atoms. The number of nitrogens with zero attached hydrogens (tertiary/aromatic N) is 2. The average Bonchev–Trinajstić information content (AvgIpc) is 2.79. The van der Waals surface area contributed by atoms with Gasteiger partial charge in [0.25, 0.3) is 5.91 Å². The van der Waals surface area contributed by atoms with E-state index in [0.717, 1.165) is 16.4 Å². The number of carbonyl (C=O) groups excluding carboxylic acids is 1. The van der Waals surface area contributed by atoms with Crippen LogP contribution in [0.4, 0.5) is 5.69 Å². The van der Waals surface area contributed by atoms with Crippen molar-refractivity contribution in [1.82, 2.24) is 4.98 Å². The number of aromatic nitrogens is 1. The van der Waals surface area contributed by atoms with Crippen LogP contribution >= 0.6 is 11.3 Å². The van der Waals surface area contributed by atoms with E-state index in [9.17, 15) is 4.79 Å². The number of rotatable bonds is 4. The highest BCUT2D eigenvalue weighted by Crippen LogP contribution is 2.22. The smallest absolute Gasteiger partial charge is 0.270 e. The SMILES string of the molecule is COCc1nc(C)c(C(=O)N(C)c2ccccc2)s1. The minimum Gasteiger partial charge on any atom is -0.378 e. The molecule has 1 aromatic carbocycles. The van der Waals surface area contributed by atoms with Crippen LogP contribution in [0.5, 0.6) is 0 Å². The zero-order valence-corrected chi connectivity index (χ0v) is 12.0. The Morgan fingerprint density at radius 2 is 2.05 bits per heavy atom. The molecule has 19 heavy (non-hydrogen) atoms. The monoisotopic (exact) mass is 276 g/mol. The van der Waals surface area contributed by atoms with Crippen molar-refractivity contribution in [2.45, 2.75) is 13.5 Å². The van der Waals surface area contributed by atoms with E-state index in [-0.39, 0.29) is 5.91 Å². The van der Waals surface area contributed by atoms with Gasteiger partial charge in [0, 0.05) is 19.8 Å². The third-order valence-corrected chi connectivity index (χ3v) is 3.87. The van der Waals surface area contributed by atoms with Crippen LogP contribution in [0.15, 0.2) is 30.3 Å². The van der Waals surface area contributed by atoms with Crippen molar-refractivity contribution in [2.24, 2.45) is 0 Å². The summed E-state index contributed by atoms with van der Waals surface area (Å²) < 4.78 is 5.04. The Morgan fingerprint density at radius 1 is 1.37 bits per heavy atom. The maximum absolute atomic E-state index is 12.4. The van der Waals surface area contributed by atoms with Gasteiger partial charge < -0.3 is 9.64 Å². The van der Waals surface area contributed by atoms with Crippen LogP contribution < -0.4 is 4.90 Å². The summed E-state index contributed by atoms with van der Waals surface area (Å²) >= 11 is 1.39. The lowest BCUT2D eigenvalue weighted by Crippen LogP contribution is -2.25. The normalized spacial score (nSPS) is 10.5. The Labute approximate surface area is 116 Å². The minimum atomic E-state index is -0.0384. The highest BCUT2D eigenvalue weighted by molar-refractivity contribution is 7.13. The number of carbonyl (C=O) groups is 1. The number of hydrogen-bond donors (Lipinski definition) is 0. The van der Waals surface area contributed by atoms with Gasteiger partial charge in [0.2, 0.25) is 0 Å². The summed E-state index contributed by atoms with van der Waals surface area (Å²) in [5.41, 5.74) is 1.62. The molecule has 0 radical (unpaired) electrons. The molecule has 0 spiro atoms. The third-order valence-electron chi connectivity index (χ3n) is 2.75. The molecule has 1 heterocycles. The molecule has 0 fully saturated rings. The first-order valence-corrected chi connectivity index (χ1v) is 6.73. The molecule has 4 nitrogen and oxygen atoms in total. The maximum atomic E-state index is 12.4. The van der Waals surface area contributed by atoms with Gasteiger partial charge in [0.1, 0.15) is 9.88 Å². The average molecular weight is 276 g/mol. The number of thiazole rings is 1. The number of anilines is 1. The number of methoxy groups -OCH3 is 1. The number of amides is 1. The summed E-state index contributed by atoms with van der Waals surface area (Å²) in [4.78, 5) is 19.1. The molecule has 0 aliphatic carbocycles. The van der Waals surface area contributed by atoms with E-state index >= 15 is 0 Å². The number of para-hydroxylation sites is 1. The van der Waals surface area contributed by atoms with Gasteiger partial charge in [-0.25, -0.2) is 4.98 Å². The second kappa shape index (κ2) is 5.95. The highest BCUT2D eigenvalue weighted by Gasteiger charge is 2.19. The highest BCUT2D eigenvalue weighted by atomic mass is 32.1. The molecule has 0 aliphatic heterocycles. The van der Waals surface area contributed by atoms with Crippen molar-refractivity contribution in [3.63, 3.8) is 0 Å². The molecular formula is C14H16N2O2S. The van der Waals surface area contributed by atoms with E-state index in [1.807, 2.05) is 37.3 Å². The van der Waals surface area contributed by atoms with Crippen LogP contribution in [0.1, 0.15) is 20.4 Å². The fourth-order valence-corrected chi connectivity index (χ4v) is 2.77.